The fourth-order valence-corrected chi connectivity index (χ4v) is 2.44. The molecule has 0 bridgehead atoms. The van der Waals surface area contributed by atoms with E-state index in [9.17, 15) is 4.79 Å². The summed E-state index contributed by atoms with van der Waals surface area (Å²) in [7, 11) is 0. The van der Waals surface area contributed by atoms with Gasteiger partial charge >= 0.3 is 0 Å². The molecule has 0 saturated carbocycles. The van der Waals surface area contributed by atoms with Gasteiger partial charge in [0.15, 0.2) is 5.78 Å². The molecule has 0 radical (unpaired) electrons. The van der Waals surface area contributed by atoms with Crippen molar-refractivity contribution in [1.29, 1.82) is 0 Å². The van der Waals surface area contributed by atoms with Gasteiger partial charge in [0, 0.05) is 11.1 Å². The number of hydrogen-bond donors (Lipinski definition) is 0. The Kier molecular flexibility index (Phi) is 4.13. The average Bonchev–Trinajstić information content (AvgIpc) is 2.39. The van der Waals surface area contributed by atoms with Gasteiger partial charge in [0.1, 0.15) is 0 Å². The molecule has 0 aromatic heterocycles. The summed E-state index contributed by atoms with van der Waals surface area (Å²) in [6.45, 7) is 0. The number of rotatable bonds is 3. The third kappa shape index (κ3) is 2.85. The van der Waals surface area contributed by atoms with E-state index in [-0.39, 0.29) is 9.52 Å². The molecule has 2 aromatic carbocycles. The minimum atomic E-state index is -0.0149. The molecule has 0 unspecified atom stereocenters. The highest BCUT2D eigenvalue weighted by molar-refractivity contribution is 9.24. The van der Waals surface area contributed by atoms with Crippen molar-refractivity contribution >= 4 is 37.6 Å². The summed E-state index contributed by atoms with van der Waals surface area (Å²) < 4.78 is -0.0149. The molecule has 1 nitrogen and oxygen atoms in total. The Bertz CT molecular complexity index is 521. The van der Waals surface area contributed by atoms with Crippen molar-refractivity contribution in [3.05, 3.63) is 71.3 Å². The van der Waals surface area contributed by atoms with Crippen LogP contribution in [0.3, 0.4) is 0 Å². The van der Waals surface area contributed by atoms with E-state index in [2.05, 4.69) is 31.9 Å². The number of ketones is 1. The lowest BCUT2D eigenvalue weighted by Crippen LogP contribution is -2.04. The zero-order chi connectivity index (χ0) is 12.3. The third-order valence-corrected chi connectivity index (χ3v) is 3.46. The van der Waals surface area contributed by atoms with Crippen LogP contribution in [0.1, 0.15) is 25.2 Å². The maximum absolute atomic E-state index is 12.3. The van der Waals surface area contributed by atoms with E-state index in [1.807, 2.05) is 54.6 Å². The summed E-state index contributed by atoms with van der Waals surface area (Å²) in [5, 5.41) is 0. The topological polar surface area (TPSA) is 17.1 Å². The molecule has 2 aromatic rings. The molecule has 3 heteroatoms. The van der Waals surface area contributed by atoms with Crippen LogP contribution in [0.2, 0.25) is 0 Å². The second-order valence-corrected chi connectivity index (χ2v) is 6.64. The quantitative estimate of drug-likeness (QED) is 0.577. The van der Waals surface area contributed by atoms with Crippen LogP contribution < -0.4 is 0 Å². The monoisotopic (exact) mass is 352 g/mol. The van der Waals surface area contributed by atoms with Crippen LogP contribution in [0.4, 0.5) is 0 Å². The highest BCUT2D eigenvalue weighted by Gasteiger charge is 2.15. The van der Waals surface area contributed by atoms with E-state index in [0.717, 1.165) is 11.1 Å². The lowest BCUT2D eigenvalue weighted by Gasteiger charge is -2.09. The molecule has 0 saturated heterocycles. The fraction of sp³-hybridized carbons (Fsp3) is 0.0714. The van der Waals surface area contributed by atoms with E-state index < -0.39 is 0 Å². The van der Waals surface area contributed by atoms with Gasteiger partial charge in [-0.1, -0.05) is 86.5 Å². The number of benzene rings is 2. The lowest BCUT2D eigenvalue weighted by atomic mass is 9.99. The molecule has 17 heavy (non-hydrogen) atoms. The van der Waals surface area contributed by atoms with E-state index in [0.29, 0.717) is 5.56 Å². The first-order chi connectivity index (χ1) is 8.20. The van der Waals surface area contributed by atoms with E-state index in [1.54, 1.807) is 0 Å². The Hall–Kier alpha value is -0.930. The summed E-state index contributed by atoms with van der Waals surface area (Å²) in [6, 6.07) is 16.9. The van der Waals surface area contributed by atoms with Gasteiger partial charge in [-0.25, -0.2) is 0 Å². The summed E-state index contributed by atoms with van der Waals surface area (Å²) in [6.07, 6.45) is 0. The Balaban J connectivity index is 2.45. The van der Waals surface area contributed by atoms with Gasteiger partial charge in [0.2, 0.25) is 0 Å². The maximum Gasteiger partial charge on any atom is 0.193 e. The first kappa shape index (κ1) is 12.5. The second kappa shape index (κ2) is 5.61. The highest BCUT2D eigenvalue weighted by Crippen LogP contribution is 2.32. The van der Waals surface area contributed by atoms with Crippen LogP contribution >= 0.6 is 31.9 Å². The number of alkyl halides is 2. The SMILES string of the molecule is O=C(c1ccccc1)c1ccccc1C(Br)Br. The summed E-state index contributed by atoms with van der Waals surface area (Å²) in [5.41, 5.74) is 2.37. The molecule has 0 N–H and O–H groups in total. The van der Waals surface area contributed by atoms with Crippen molar-refractivity contribution in [3.8, 4) is 0 Å². The van der Waals surface area contributed by atoms with Gasteiger partial charge < -0.3 is 0 Å². The van der Waals surface area contributed by atoms with Crippen LogP contribution in [0.5, 0.6) is 0 Å². The number of halogens is 2. The minimum absolute atomic E-state index is 0.0149. The summed E-state index contributed by atoms with van der Waals surface area (Å²) in [4.78, 5) is 12.3. The normalized spacial score (nSPS) is 10.5. The molecule has 0 aliphatic carbocycles. The van der Waals surface area contributed by atoms with Gasteiger partial charge in [0.25, 0.3) is 0 Å². The molecule has 0 aliphatic heterocycles. The summed E-state index contributed by atoms with van der Waals surface area (Å²) in [5.74, 6) is 0.0464. The molecule has 0 atom stereocenters. The van der Waals surface area contributed by atoms with Crippen LogP contribution in [0.15, 0.2) is 54.6 Å². The first-order valence-electron chi connectivity index (χ1n) is 5.17. The Morgan fingerprint density at radius 1 is 0.882 bits per heavy atom. The van der Waals surface area contributed by atoms with Gasteiger partial charge in [-0.3, -0.25) is 4.79 Å². The van der Waals surface area contributed by atoms with Crippen LogP contribution in [0.25, 0.3) is 0 Å². The molecular weight excluding hydrogens is 344 g/mol. The zero-order valence-corrected chi connectivity index (χ0v) is 12.1. The molecule has 0 heterocycles. The van der Waals surface area contributed by atoms with Crippen molar-refractivity contribution in [1.82, 2.24) is 0 Å². The number of carbonyl (C=O) groups excluding carboxylic acids is 1. The van der Waals surface area contributed by atoms with Crippen LogP contribution in [-0.2, 0) is 0 Å². The predicted molar refractivity (Wildman–Crippen MR) is 76.9 cm³/mol. The van der Waals surface area contributed by atoms with E-state index in [4.69, 9.17) is 0 Å². The Morgan fingerprint density at radius 3 is 2.12 bits per heavy atom. The lowest BCUT2D eigenvalue weighted by molar-refractivity contribution is 0.103. The van der Waals surface area contributed by atoms with Crippen LogP contribution in [0, 0.1) is 0 Å². The number of hydrogen-bond acceptors (Lipinski definition) is 1. The maximum atomic E-state index is 12.3. The van der Waals surface area contributed by atoms with E-state index >= 15 is 0 Å². The molecular formula is C14H10Br2O. The highest BCUT2D eigenvalue weighted by atomic mass is 79.9. The minimum Gasteiger partial charge on any atom is -0.289 e. The van der Waals surface area contributed by atoms with E-state index in [1.165, 1.54) is 0 Å². The fourth-order valence-electron chi connectivity index (χ4n) is 1.64. The number of carbonyl (C=O) groups is 1. The zero-order valence-electron chi connectivity index (χ0n) is 8.94. The average molecular weight is 354 g/mol. The molecule has 0 aliphatic rings. The first-order valence-corrected chi connectivity index (χ1v) is 7.00. The second-order valence-electron chi connectivity index (χ2n) is 3.58. The Morgan fingerprint density at radius 2 is 1.47 bits per heavy atom. The standard InChI is InChI=1S/C14H10Br2O/c15-14(16)12-9-5-4-8-11(12)13(17)10-6-2-1-3-7-10/h1-9,14H. The van der Waals surface area contributed by atoms with Gasteiger partial charge in [-0.05, 0) is 5.56 Å². The molecule has 0 amide bonds. The largest absolute Gasteiger partial charge is 0.289 e. The van der Waals surface area contributed by atoms with Crippen molar-refractivity contribution in [3.63, 3.8) is 0 Å². The molecule has 86 valence electrons. The smallest absolute Gasteiger partial charge is 0.193 e. The molecule has 0 spiro atoms. The van der Waals surface area contributed by atoms with Crippen molar-refractivity contribution < 1.29 is 4.79 Å². The van der Waals surface area contributed by atoms with Gasteiger partial charge in [-0.15, -0.1) is 0 Å². The predicted octanol–water partition coefficient (Wildman–Crippen LogP) is 4.71. The van der Waals surface area contributed by atoms with Crippen molar-refractivity contribution in [2.24, 2.45) is 0 Å². The molecule has 2 rings (SSSR count). The van der Waals surface area contributed by atoms with Gasteiger partial charge in [0.05, 0.1) is 3.74 Å². The van der Waals surface area contributed by atoms with Gasteiger partial charge in [-0.2, -0.15) is 0 Å². The van der Waals surface area contributed by atoms with Crippen LogP contribution in [-0.4, -0.2) is 5.78 Å². The van der Waals surface area contributed by atoms with Crippen molar-refractivity contribution in [2.75, 3.05) is 0 Å². The molecule has 0 fully saturated rings. The third-order valence-electron chi connectivity index (χ3n) is 2.48. The van der Waals surface area contributed by atoms with Crippen molar-refractivity contribution in [2.45, 2.75) is 3.74 Å². The summed E-state index contributed by atoms with van der Waals surface area (Å²) >= 11 is 6.88. The Labute approximate surface area is 117 Å².